The third kappa shape index (κ3) is 3.38. The first kappa shape index (κ1) is 12.8. The molecule has 0 atom stereocenters. The molecule has 4 N–H and O–H groups in total. The fourth-order valence-corrected chi connectivity index (χ4v) is 1.63. The van der Waals surface area contributed by atoms with Crippen molar-refractivity contribution in [2.75, 3.05) is 11.1 Å². The molecule has 2 rings (SSSR count). The van der Waals surface area contributed by atoms with Crippen molar-refractivity contribution in [2.45, 2.75) is 6.92 Å². The van der Waals surface area contributed by atoms with E-state index in [4.69, 9.17) is 15.6 Å². The Labute approximate surface area is 110 Å². The van der Waals surface area contributed by atoms with Crippen molar-refractivity contribution in [3.63, 3.8) is 0 Å². The Hall–Kier alpha value is -2.69. The number of nitrogens with one attached hydrogen (secondary N) is 1. The van der Waals surface area contributed by atoms with Gasteiger partial charge in [0.15, 0.2) is 0 Å². The van der Waals surface area contributed by atoms with Crippen molar-refractivity contribution in [1.82, 2.24) is 0 Å². The Morgan fingerprint density at radius 1 is 1.16 bits per heavy atom. The number of benzene rings is 2. The fraction of sp³-hybridized carbons (Fsp3) is 0.0714. The fourth-order valence-electron chi connectivity index (χ4n) is 1.63. The number of nitrogen functional groups attached to an aromatic ring is 1. The standard InChI is InChI=1S/C14H14N2O3/c1-9-8-12(6-7-13(9)16-14(17)18)19-11-4-2-10(15)3-5-11/h2-8,16H,15H2,1H3,(H,17,18). The van der Waals surface area contributed by atoms with Gasteiger partial charge in [-0.25, -0.2) is 4.79 Å². The van der Waals surface area contributed by atoms with E-state index in [1.165, 1.54) is 0 Å². The molecule has 0 aliphatic rings. The van der Waals surface area contributed by atoms with E-state index in [0.717, 1.165) is 5.56 Å². The highest BCUT2D eigenvalue weighted by molar-refractivity contribution is 5.84. The van der Waals surface area contributed by atoms with Gasteiger partial charge in [0.1, 0.15) is 11.5 Å². The quantitative estimate of drug-likeness (QED) is 0.736. The molecular formula is C14H14N2O3. The normalized spacial score (nSPS) is 9.95. The van der Waals surface area contributed by atoms with Gasteiger partial charge in [-0.1, -0.05) is 0 Å². The molecule has 19 heavy (non-hydrogen) atoms. The first-order valence-corrected chi connectivity index (χ1v) is 5.68. The number of rotatable bonds is 3. The van der Waals surface area contributed by atoms with Crippen molar-refractivity contribution < 1.29 is 14.6 Å². The molecule has 0 spiro atoms. The minimum Gasteiger partial charge on any atom is -0.465 e. The van der Waals surface area contributed by atoms with Gasteiger partial charge in [-0.15, -0.1) is 0 Å². The predicted octanol–water partition coefficient (Wildman–Crippen LogP) is 3.46. The molecule has 0 radical (unpaired) electrons. The maximum atomic E-state index is 10.6. The van der Waals surface area contributed by atoms with Gasteiger partial charge in [0.2, 0.25) is 0 Å². The van der Waals surface area contributed by atoms with E-state index in [0.29, 0.717) is 22.9 Å². The average molecular weight is 258 g/mol. The Balaban J connectivity index is 2.15. The first-order valence-electron chi connectivity index (χ1n) is 5.68. The molecule has 5 nitrogen and oxygen atoms in total. The van der Waals surface area contributed by atoms with Crippen molar-refractivity contribution >= 4 is 17.5 Å². The Morgan fingerprint density at radius 2 is 1.79 bits per heavy atom. The van der Waals surface area contributed by atoms with Crippen molar-refractivity contribution in [3.05, 3.63) is 48.0 Å². The summed E-state index contributed by atoms with van der Waals surface area (Å²) in [6, 6.07) is 12.2. The second-order valence-corrected chi connectivity index (χ2v) is 4.08. The smallest absolute Gasteiger partial charge is 0.409 e. The molecule has 0 aliphatic heterocycles. The molecular weight excluding hydrogens is 244 g/mol. The average Bonchev–Trinajstić information content (AvgIpc) is 2.35. The van der Waals surface area contributed by atoms with Crippen LogP contribution in [0, 0.1) is 6.92 Å². The van der Waals surface area contributed by atoms with E-state index in [1.54, 1.807) is 49.4 Å². The lowest BCUT2D eigenvalue weighted by Gasteiger charge is -2.09. The maximum absolute atomic E-state index is 10.6. The number of amides is 1. The van der Waals surface area contributed by atoms with Gasteiger partial charge >= 0.3 is 6.09 Å². The number of hydrogen-bond acceptors (Lipinski definition) is 3. The number of ether oxygens (including phenoxy) is 1. The highest BCUT2D eigenvalue weighted by Crippen LogP contribution is 2.26. The summed E-state index contributed by atoms with van der Waals surface area (Å²) in [5.41, 5.74) is 7.59. The highest BCUT2D eigenvalue weighted by Gasteiger charge is 2.04. The first-order chi connectivity index (χ1) is 9.04. The lowest BCUT2D eigenvalue weighted by molar-refractivity contribution is 0.209. The van der Waals surface area contributed by atoms with E-state index in [2.05, 4.69) is 5.32 Å². The van der Waals surface area contributed by atoms with E-state index in [-0.39, 0.29) is 0 Å². The van der Waals surface area contributed by atoms with Crippen molar-refractivity contribution in [1.29, 1.82) is 0 Å². The number of nitrogens with two attached hydrogens (primary N) is 1. The summed E-state index contributed by atoms with van der Waals surface area (Å²) in [5, 5.41) is 11.0. The van der Waals surface area contributed by atoms with Crippen molar-refractivity contribution in [3.8, 4) is 11.5 Å². The molecule has 0 aromatic heterocycles. The molecule has 0 heterocycles. The van der Waals surface area contributed by atoms with Crippen LogP contribution in [0.1, 0.15) is 5.56 Å². The van der Waals surface area contributed by atoms with Crippen molar-refractivity contribution in [2.24, 2.45) is 0 Å². The van der Waals surface area contributed by atoms with Crippen LogP contribution in [0.2, 0.25) is 0 Å². The van der Waals surface area contributed by atoms with Crippen LogP contribution in [-0.4, -0.2) is 11.2 Å². The van der Waals surface area contributed by atoms with Crippen LogP contribution in [0.5, 0.6) is 11.5 Å². The number of anilines is 2. The molecule has 2 aromatic rings. The summed E-state index contributed by atoms with van der Waals surface area (Å²) in [5.74, 6) is 1.31. The lowest BCUT2D eigenvalue weighted by Crippen LogP contribution is -2.08. The van der Waals surface area contributed by atoms with Crippen LogP contribution >= 0.6 is 0 Å². The van der Waals surface area contributed by atoms with E-state index >= 15 is 0 Å². The van der Waals surface area contributed by atoms with Gasteiger partial charge in [0.25, 0.3) is 0 Å². The molecule has 98 valence electrons. The third-order valence-electron chi connectivity index (χ3n) is 2.56. The number of carboxylic acid groups (broad SMARTS) is 1. The summed E-state index contributed by atoms with van der Waals surface area (Å²) in [6.45, 7) is 1.81. The Morgan fingerprint density at radius 3 is 2.37 bits per heavy atom. The number of carbonyl (C=O) groups is 1. The van der Waals surface area contributed by atoms with Gasteiger partial charge in [0, 0.05) is 11.4 Å². The van der Waals surface area contributed by atoms with E-state index in [1.807, 2.05) is 0 Å². The second kappa shape index (κ2) is 5.30. The Bertz CT molecular complexity index is 594. The maximum Gasteiger partial charge on any atom is 0.409 e. The zero-order chi connectivity index (χ0) is 13.8. The Kier molecular flexibility index (Phi) is 3.56. The summed E-state index contributed by atoms with van der Waals surface area (Å²) in [7, 11) is 0. The molecule has 0 saturated heterocycles. The molecule has 0 saturated carbocycles. The topological polar surface area (TPSA) is 84.6 Å². The highest BCUT2D eigenvalue weighted by atomic mass is 16.5. The number of aryl methyl sites for hydroxylation is 1. The summed E-state index contributed by atoms with van der Waals surface area (Å²) < 4.78 is 5.64. The van der Waals surface area contributed by atoms with Gasteiger partial charge < -0.3 is 15.6 Å². The molecule has 1 amide bonds. The van der Waals surface area contributed by atoms with Crippen LogP contribution in [0.15, 0.2) is 42.5 Å². The number of hydrogen-bond donors (Lipinski definition) is 3. The zero-order valence-electron chi connectivity index (χ0n) is 10.4. The van der Waals surface area contributed by atoms with E-state index in [9.17, 15) is 4.79 Å². The van der Waals surface area contributed by atoms with Gasteiger partial charge in [-0.3, -0.25) is 5.32 Å². The molecule has 0 fully saturated rings. The summed E-state index contributed by atoms with van der Waals surface area (Å²) in [6.07, 6.45) is -1.09. The second-order valence-electron chi connectivity index (χ2n) is 4.08. The van der Waals surface area contributed by atoms with Crippen LogP contribution in [0.3, 0.4) is 0 Å². The van der Waals surface area contributed by atoms with Crippen LogP contribution in [-0.2, 0) is 0 Å². The molecule has 0 unspecified atom stereocenters. The summed E-state index contributed by atoms with van der Waals surface area (Å²) >= 11 is 0. The molecule has 0 aliphatic carbocycles. The van der Waals surface area contributed by atoms with Gasteiger partial charge in [-0.2, -0.15) is 0 Å². The largest absolute Gasteiger partial charge is 0.465 e. The van der Waals surface area contributed by atoms with Crippen LogP contribution in [0.4, 0.5) is 16.2 Å². The minimum absolute atomic E-state index is 0.539. The zero-order valence-corrected chi connectivity index (χ0v) is 10.4. The molecule has 2 aromatic carbocycles. The van der Waals surface area contributed by atoms with Gasteiger partial charge in [0.05, 0.1) is 0 Å². The SMILES string of the molecule is Cc1cc(Oc2ccc(N)cc2)ccc1NC(=O)O. The monoisotopic (exact) mass is 258 g/mol. The minimum atomic E-state index is -1.09. The summed E-state index contributed by atoms with van der Waals surface area (Å²) in [4.78, 5) is 10.6. The van der Waals surface area contributed by atoms with Crippen LogP contribution in [0.25, 0.3) is 0 Å². The molecule has 0 bridgehead atoms. The van der Waals surface area contributed by atoms with Gasteiger partial charge in [-0.05, 0) is 55.0 Å². The third-order valence-corrected chi connectivity index (χ3v) is 2.56. The predicted molar refractivity (Wildman–Crippen MR) is 73.8 cm³/mol. The van der Waals surface area contributed by atoms with E-state index < -0.39 is 6.09 Å². The van der Waals surface area contributed by atoms with Crippen LogP contribution < -0.4 is 15.8 Å². The lowest BCUT2D eigenvalue weighted by atomic mass is 10.2. The molecule has 5 heteroatoms.